The zero-order valence-electron chi connectivity index (χ0n) is 10.4. The lowest BCUT2D eigenvalue weighted by molar-refractivity contribution is -0.146. The second-order valence-corrected chi connectivity index (χ2v) is 6.81. The monoisotopic (exact) mass is 290 g/mol. The number of hydrogen-bond donors (Lipinski definition) is 0. The van der Waals surface area contributed by atoms with E-state index in [9.17, 15) is 13.2 Å². The van der Waals surface area contributed by atoms with Crippen molar-refractivity contribution < 1.29 is 17.9 Å². The van der Waals surface area contributed by atoms with Gasteiger partial charge in [-0.15, -0.1) is 0 Å². The van der Waals surface area contributed by atoms with Crippen LogP contribution in [0.25, 0.3) is 0 Å². The fraction of sp³-hybridized carbons (Fsp3) is 0.417. The van der Waals surface area contributed by atoms with Gasteiger partial charge in [-0.25, -0.2) is 8.42 Å². The van der Waals surface area contributed by atoms with E-state index >= 15 is 0 Å². The molecule has 0 N–H and O–H groups in total. The SMILES string of the molecule is CC(C)OC(=O)C(c1ccc(Cl)cc1)S(C)(=O)=O. The molecule has 0 radical (unpaired) electrons. The minimum Gasteiger partial charge on any atom is -0.462 e. The van der Waals surface area contributed by atoms with Crippen molar-refractivity contribution in [3.8, 4) is 0 Å². The van der Waals surface area contributed by atoms with Gasteiger partial charge in [0.05, 0.1) is 6.10 Å². The molecule has 18 heavy (non-hydrogen) atoms. The summed E-state index contributed by atoms with van der Waals surface area (Å²) >= 11 is 5.73. The molecule has 1 rings (SSSR count). The van der Waals surface area contributed by atoms with Crippen LogP contribution >= 0.6 is 11.6 Å². The minimum atomic E-state index is -3.59. The maximum atomic E-state index is 11.9. The van der Waals surface area contributed by atoms with Crippen molar-refractivity contribution in [2.45, 2.75) is 25.2 Å². The first-order valence-corrected chi connectivity index (χ1v) is 7.70. The number of benzene rings is 1. The summed E-state index contributed by atoms with van der Waals surface area (Å²) in [5, 5.41) is -0.833. The molecule has 0 fully saturated rings. The Morgan fingerprint density at radius 3 is 2.11 bits per heavy atom. The lowest BCUT2D eigenvalue weighted by atomic mass is 10.1. The Hall–Kier alpha value is -1.07. The van der Waals surface area contributed by atoms with E-state index < -0.39 is 21.1 Å². The van der Waals surface area contributed by atoms with Crippen molar-refractivity contribution in [2.24, 2.45) is 0 Å². The van der Waals surface area contributed by atoms with Gasteiger partial charge in [0.1, 0.15) is 0 Å². The normalized spacial score (nSPS) is 13.4. The molecule has 1 unspecified atom stereocenters. The fourth-order valence-electron chi connectivity index (χ4n) is 1.49. The van der Waals surface area contributed by atoms with Crippen molar-refractivity contribution in [3.63, 3.8) is 0 Å². The van der Waals surface area contributed by atoms with Gasteiger partial charge in [0.2, 0.25) is 0 Å². The first kappa shape index (κ1) is 15.0. The molecular formula is C12H15ClO4S. The lowest BCUT2D eigenvalue weighted by Crippen LogP contribution is -2.25. The fourth-order valence-corrected chi connectivity index (χ4v) is 2.67. The molecule has 0 bridgehead atoms. The number of carbonyl (C=O) groups is 1. The highest BCUT2D eigenvalue weighted by molar-refractivity contribution is 7.91. The first-order chi connectivity index (χ1) is 8.21. The average molecular weight is 291 g/mol. The van der Waals surface area contributed by atoms with Gasteiger partial charge < -0.3 is 4.74 Å². The molecule has 0 aromatic heterocycles. The zero-order chi connectivity index (χ0) is 13.9. The summed E-state index contributed by atoms with van der Waals surface area (Å²) in [5.41, 5.74) is 0.354. The minimum absolute atomic E-state index is 0.354. The predicted molar refractivity (Wildman–Crippen MR) is 70.3 cm³/mol. The highest BCUT2D eigenvalue weighted by Crippen LogP contribution is 2.25. The number of hydrogen-bond acceptors (Lipinski definition) is 4. The van der Waals surface area contributed by atoms with Crippen molar-refractivity contribution in [1.82, 2.24) is 0 Å². The smallest absolute Gasteiger partial charge is 0.329 e. The average Bonchev–Trinajstić information content (AvgIpc) is 2.18. The van der Waals surface area contributed by atoms with E-state index in [1.807, 2.05) is 0 Å². The van der Waals surface area contributed by atoms with Gasteiger partial charge in [0.25, 0.3) is 0 Å². The van der Waals surface area contributed by atoms with Crippen molar-refractivity contribution in [3.05, 3.63) is 34.9 Å². The Kier molecular flexibility index (Phi) is 4.76. The Labute approximate surface area is 112 Å². The van der Waals surface area contributed by atoms with Crippen LogP contribution in [0.15, 0.2) is 24.3 Å². The van der Waals surface area contributed by atoms with Crippen LogP contribution in [0.1, 0.15) is 24.7 Å². The van der Waals surface area contributed by atoms with Crippen molar-refractivity contribution in [1.29, 1.82) is 0 Å². The molecule has 0 aliphatic rings. The second kappa shape index (κ2) is 5.71. The number of ether oxygens (including phenoxy) is 1. The molecule has 0 saturated carbocycles. The summed E-state index contributed by atoms with van der Waals surface area (Å²) in [7, 11) is -3.59. The molecule has 6 heteroatoms. The molecule has 0 aliphatic carbocycles. The van der Waals surface area contributed by atoms with Gasteiger partial charge in [-0.3, -0.25) is 4.79 Å². The molecule has 1 aromatic rings. The summed E-state index contributed by atoms with van der Waals surface area (Å²) in [6.07, 6.45) is 0.641. The van der Waals surface area contributed by atoms with Crippen LogP contribution < -0.4 is 0 Å². The maximum Gasteiger partial charge on any atom is 0.329 e. The number of carbonyl (C=O) groups excluding carboxylic acids is 1. The zero-order valence-corrected chi connectivity index (χ0v) is 12.0. The van der Waals surface area contributed by atoms with Crippen LogP contribution in [0.3, 0.4) is 0 Å². The number of rotatable bonds is 4. The van der Waals surface area contributed by atoms with Gasteiger partial charge in [-0.05, 0) is 31.5 Å². The molecule has 0 heterocycles. The van der Waals surface area contributed by atoms with Crippen LogP contribution in [-0.2, 0) is 19.4 Å². The summed E-state index contributed by atoms with van der Waals surface area (Å²) in [6.45, 7) is 3.33. The van der Waals surface area contributed by atoms with Crippen LogP contribution in [0.2, 0.25) is 5.02 Å². The summed E-state index contributed by atoms with van der Waals surface area (Å²) < 4.78 is 28.4. The third-order valence-corrected chi connectivity index (χ3v) is 3.74. The Balaban J connectivity index is 3.15. The molecular weight excluding hydrogens is 276 g/mol. The predicted octanol–water partition coefficient (Wildman–Crippen LogP) is 2.38. The van der Waals surface area contributed by atoms with Gasteiger partial charge in [0.15, 0.2) is 15.1 Å². The maximum absolute atomic E-state index is 11.9. The first-order valence-electron chi connectivity index (χ1n) is 5.36. The van der Waals surface area contributed by atoms with Gasteiger partial charge in [0, 0.05) is 11.3 Å². The van der Waals surface area contributed by atoms with Crippen LogP contribution in [0.4, 0.5) is 0 Å². The Morgan fingerprint density at radius 1 is 1.22 bits per heavy atom. The summed E-state index contributed by atoms with van der Waals surface area (Å²) in [5.74, 6) is -0.769. The van der Waals surface area contributed by atoms with Gasteiger partial charge >= 0.3 is 5.97 Å². The molecule has 0 aliphatic heterocycles. The standard InChI is InChI=1S/C12H15ClO4S/c1-8(2)17-12(14)11(18(3,15)16)9-4-6-10(13)7-5-9/h4-8,11H,1-3H3. The van der Waals surface area contributed by atoms with Crippen LogP contribution in [0.5, 0.6) is 0 Å². The molecule has 0 spiro atoms. The molecule has 4 nitrogen and oxygen atoms in total. The highest BCUT2D eigenvalue weighted by atomic mass is 35.5. The molecule has 0 amide bonds. The summed E-state index contributed by atoms with van der Waals surface area (Å²) in [6, 6.07) is 6.10. The molecule has 1 atom stereocenters. The third-order valence-electron chi connectivity index (χ3n) is 2.17. The number of sulfone groups is 1. The van der Waals surface area contributed by atoms with E-state index in [2.05, 4.69) is 0 Å². The van der Waals surface area contributed by atoms with E-state index in [4.69, 9.17) is 16.3 Å². The van der Waals surface area contributed by atoms with Gasteiger partial charge in [-0.1, -0.05) is 23.7 Å². The van der Waals surface area contributed by atoms with E-state index in [0.29, 0.717) is 10.6 Å². The Bertz CT molecular complexity index is 520. The van der Waals surface area contributed by atoms with Crippen molar-refractivity contribution >= 4 is 27.4 Å². The van der Waals surface area contributed by atoms with Crippen molar-refractivity contribution in [2.75, 3.05) is 6.26 Å². The third kappa shape index (κ3) is 3.99. The van der Waals surface area contributed by atoms with E-state index in [-0.39, 0.29) is 6.10 Å². The summed E-state index contributed by atoms with van der Waals surface area (Å²) in [4.78, 5) is 11.9. The van der Waals surface area contributed by atoms with E-state index in [0.717, 1.165) is 6.26 Å². The van der Waals surface area contributed by atoms with E-state index in [1.165, 1.54) is 24.3 Å². The number of halogens is 1. The quantitative estimate of drug-likeness (QED) is 0.799. The van der Waals surface area contributed by atoms with Gasteiger partial charge in [-0.2, -0.15) is 0 Å². The second-order valence-electron chi connectivity index (χ2n) is 4.25. The van der Waals surface area contributed by atoms with Crippen LogP contribution in [0, 0.1) is 0 Å². The largest absolute Gasteiger partial charge is 0.462 e. The Morgan fingerprint density at radius 2 is 1.72 bits per heavy atom. The molecule has 0 saturated heterocycles. The lowest BCUT2D eigenvalue weighted by Gasteiger charge is -2.16. The van der Waals surface area contributed by atoms with Crippen LogP contribution in [-0.4, -0.2) is 26.7 Å². The number of esters is 1. The topological polar surface area (TPSA) is 60.4 Å². The molecule has 1 aromatic carbocycles. The van der Waals surface area contributed by atoms with E-state index in [1.54, 1.807) is 13.8 Å². The molecule has 100 valence electrons. The highest BCUT2D eigenvalue weighted by Gasteiger charge is 2.32.